The van der Waals surface area contributed by atoms with Gasteiger partial charge >= 0.3 is 0 Å². The van der Waals surface area contributed by atoms with E-state index in [1.807, 2.05) is 19.9 Å². The summed E-state index contributed by atoms with van der Waals surface area (Å²) in [5.74, 6) is 0.216. The fourth-order valence-corrected chi connectivity index (χ4v) is 2.75. The van der Waals surface area contributed by atoms with E-state index in [-0.39, 0.29) is 11.8 Å². The van der Waals surface area contributed by atoms with E-state index < -0.39 is 0 Å². The van der Waals surface area contributed by atoms with E-state index in [4.69, 9.17) is 11.6 Å². The summed E-state index contributed by atoms with van der Waals surface area (Å²) in [6, 6.07) is 3.48. The van der Waals surface area contributed by atoms with E-state index in [2.05, 4.69) is 17.2 Å². The number of aromatic nitrogens is 1. The first-order valence-electron chi connectivity index (χ1n) is 7.41. The van der Waals surface area contributed by atoms with Gasteiger partial charge in [-0.15, -0.1) is 0 Å². The topological polar surface area (TPSA) is 42.0 Å². The molecule has 0 aliphatic heterocycles. The smallest absolute Gasteiger partial charge is 0.251 e. The highest BCUT2D eigenvalue weighted by molar-refractivity contribution is 6.29. The first-order valence-corrected chi connectivity index (χ1v) is 7.79. The van der Waals surface area contributed by atoms with E-state index >= 15 is 0 Å². The normalized spacial score (nSPS) is 16.2. The average Bonchev–Trinajstić information content (AvgIpc) is 3.16. The van der Waals surface area contributed by atoms with Crippen LogP contribution < -0.4 is 5.32 Å². The third-order valence-electron chi connectivity index (χ3n) is 4.03. The Morgan fingerprint density at radius 1 is 1.45 bits per heavy atom. The summed E-state index contributed by atoms with van der Waals surface area (Å²) >= 11 is 6.00. The van der Waals surface area contributed by atoms with E-state index in [0.717, 1.165) is 12.2 Å². The van der Waals surface area contributed by atoms with Crippen molar-refractivity contribution < 1.29 is 4.79 Å². The van der Waals surface area contributed by atoms with Crippen LogP contribution in [-0.4, -0.2) is 17.4 Å². The molecule has 2 rings (SSSR count). The lowest BCUT2D eigenvalue weighted by Crippen LogP contribution is -2.30. The summed E-state index contributed by atoms with van der Waals surface area (Å²) in [7, 11) is 0. The van der Waals surface area contributed by atoms with Gasteiger partial charge in [0.05, 0.1) is 0 Å². The number of amides is 1. The number of pyridine rings is 1. The standard InChI is InChI=1S/C16H23ClN2O/c1-4-5-16(6-7-16)10-18-15(20)12-8-13(11(2)3)19-14(17)9-12/h8-9,11H,4-7,10H2,1-3H3,(H,18,20). The molecule has 1 aromatic rings. The maximum absolute atomic E-state index is 12.3. The van der Waals surface area contributed by atoms with Crippen LogP contribution in [-0.2, 0) is 0 Å². The van der Waals surface area contributed by atoms with Gasteiger partial charge in [-0.2, -0.15) is 0 Å². The van der Waals surface area contributed by atoms with Crippen LogP contribution in [0.3, 0.4) is 0 Å². The third-order valence-corrected chi connectivity index (χ3v) is 4.22. The predicted octanol–water partition coefficient (Wildman–Crippen LogP) is 4.17. The van der Waals surface area contributed by atoms with Gasteiger partial charge < -0.3 is 5.32 Å². The van der Waals surface area contributed by atoms with Crippen LogP contribution >= 0.6 is 11.6 Å². The van der Waals surface area contributed by atoms with Crippen LogP contribution in [0.25, 0.3) is 0 Å². The van der Waals surface area contributed by atoms with Crippen LogP contribution in [0.4, 0.5) is 0 Å². The molecule has 1 N–H and O–H groups in total. The molecule has 1 aliphatic carbocycles. The summed E-state index contributed by atoms with van der Waals surface area (Å²) in [6.45, 7) is 7.05. The molecule has 0 aromatic carbocycles. The second-order valence-corrected chi connectivity index (χ2v) is 6.58. The summed E-state index contributed by atoms with van der Waals surface area (Å²) in [5.41, 5.74) is 1.83. The van der Waals surface area contributed by atoms with Gasteiger partial charge in [0.25, 0.3) is 5.91 Å². The van der Waals surface area contributed by atoms with Crippen molar-refractivity contribution in [3.05, 3.63) is 28.5 Å². The molecule has 20 heavy (non-hydrogen) atoms. The van der Waals surface area contributed by atoms with Gasteiger partial charge in [0.1, 0.15) is 5.15 Å². The van der Waals surface area contributed by atoms with E-state index in [1.165, 1.54) is 25.7 Å². The van der Waals surface area contributed by atoms with Crippen molar-refractivity contribution in [2.45, 2.75) is 52.4 Å². The largest absolute Gasteiger partial charge is 0.351 e. The Labute approximate surface area is 126 Å². The van der Waals surface area contributed by atoms with E-state index in [0.29, 0.717) is 16.1 Å². The molecule has 1 aliphatic rings. The molecule has 0 saturated heterocycles. The molecule has 1 heterocycles. The molecule has 4 heteroatoms. The second-order valence-electron chi connectivity index (χ2n) is 6.19. The molecule has 0 spiro atoms. The Kier molecular flexibility index (Phi) is 4.69. The Bertz CT molecular complexity index is 495. The maximum atomic E-state index is 12.3. The second kappa shape index (κ2) is 6.13. The van der Waals surface area contributed by atoms with Crippen molar-refractivity contribution in [3.8, 4) is 0 Å². The van der Waals surface area contributed by atoms with E-state index in [9.17, 15) is 4.79 Å². The van der Waals surface area contributed by atoms with E-state index in [1.54, 1.807) is 6.07 Å². The van der Waals surface area contributed by atoms with Gasteiger partial charge in [-0.25, -0.2) is 4.98 Å². The number of carbonyl (C=O) groups excluding carboxylic acids is 1. The van der Waals surface area contributed by atoms with Gasteiger partial charge in [-0.05, 0) is 42.7 Å². The zero-order valence-corrected chi connectivity index (χ0v) is 13.3. The zero-order valence-electron chi connectivity index (χ0n) is 12.5. The van der Waals surface area contributed by atoms with Gasteiger partial charge in [0, 0.05) is 17.8 Å². The quantitative estimate of drug-likeness (QED) is 0.800. The molecular weight excluding hydrogens is 272 g/mol. The highest BCUT2D eigenvalue weighted by Gasteiger charge is 2.41. The number of hydrogen-bond donors (Lipinski definition) is 1. The Balaban J connectivity index is 2.02. The van der Waals surface area contributed by atoms with Crippen molar-refractivity contribution in [1.82, 2.24) is 10.3 Å². The summed E-state index contributed by atoms with van der Waals surface area (Å²) < 4.78 is 0. The molecule has 0 radical (unpaired) electrons. The lowest BCUT2D eigenvalue weighted by atomic mass is 10.0. The minimum Gasteiger partial charge on any atom is -0.351 e. The number of carbonyl (C=O) groups is 1. The minimum atomic E-state index is -0.0430. The molecule has 3 nitrogen and oxygen atoms in total. The van der Waals surface area contributed by atoms with Crippen LogP contribution in [0.5, 0.6) is 0 Å². The highest BCUT2D eigenvalue weighted by atomic mass is 35.5. The van der Waals surface area contributed by atoms with Gasteiger partial charge in [-0.3, -0.25) is 4.79 Å². The summed E-state index contributed by atoms with van der Waals surface area (Å²) in [6.07, 6.45) is 4.83. The lowest BCUT2D eigenvalue weighted by Gasteiger charge is -2.15. The van der Waals surface area contributed by atoms with Gasteiger partial charge in [0.15, 0.2) is 0 Å². The van der Waals surface area contributed by atoms with Crippen molar-refractivity contribution in [2.24, 2.45) is 5.41 Å². The number of hydrogen-bond acceptors (Lipinski definition) is 2. The summed E-state index contributed by atoms with van der Waals surface area (Å²) in [4.78, 5) is 16.5. The number of halogens is 1. The molecule has 0 atom stereocenters. The van der Waals surface area contributed by atoms with Crippen molar-refractivity contribution in [3.63, 3.8) is 0 Å². The first kappa shape index (κ1) is 15.3. The van der Waals surface area contributed by atoms with Crippen LogP contribution in [0.2, 0.25) is 5.15 Å². The SMILES string of the molecule is CCCC1(CNC(=O)c2cc(Cl)nc(C(C)C)c2)CC1. The zero-order chi connectivity index (χ0) is 14.8. The molecule has 1 amide bonds. The monoisotopic (exact) mass is 294 g/mol. The molecule has 1 fully saturated rings. The number of rotatable bonds is 6. The first-order chi connectivity index (χ1) is 9.46. The minimum absolute atomic E-state index is 0.0430. The molecular formula is C16H23ClN2O. The fraction of sp³-hybridized carbons (Fsp3) is 0.625. The Morgan fingerprint density at radius 3 is 2.70 bits per heavy atom. The highest BCUT2D eigenvalue weighted by Crippen LogP contribution is 2.48. The van der Waals surface area contributed by atoms with Crippen molar-refractivity contribution in [1.29, 1.82) is 0 Å². The number of nitrogens with one attached hydrogen (secondary N) is 1. The molecule has 0 unspecified atom stereocenters. The van der Waals surface area contributed by atoms with Crippen LogP contribution in [0, 0.1) is 5.41 Å². The lowest BCUT2D eigenvalue weighted by molar-refractivity contribution is 0.0943. The molecule has 1 aromatic heterocycles. The van der Waals surface area contributed by atoms with Crippen LogP contribution in [0.15, 0.2) is 12.1 Å². The Hall–Kier alpha value is -1.09. The fourth-order valence-electron chi connectivity index (χ4n) is 2.54. The number of nitrogens with zero attached hydrogens (tertiary/aromatic N) is 1. The maximum Gasteiger partial charge on any atom is 0.251 e. The summed E-state index contributed by atoms with van der Waals surface area (Å²) in [5, 5.41) is 3.44. The van der Waals surface area contributed by atoms with Crippen molar-refractivity contribution in [2.75, 3.05) is 6.54 Å². The van der Waals surface area contributed by atoms with Crippen LogP contribution in [0.1, 0.15) is 68.4 Å². The Morgan fingerprint density at radius 2 is 2.15 bits per heavy atom. The average molecular weight is 295 g/mol. The third kappa shape index (κ3) is 3.72. The predicted molar refractivity (Wildman–Crippen MR) is 82.2 cm³/mol. The molecule has 1 saturated carbocycles. The van der Waals surface area contributed by atoms with Gasteiger partial charge in [-0.1, -0.05) is 38.8 Å². The molecule has 0 bridgehead atoms. The molecule has 110 valence electrons. The van der Waals surface area contributed by atoms with Gasteiger partial charge in [0.2, 0.25) is 0 Å². The van der Waals surface area contributed by atoms with Crippen molar-refractivity contribution >= 4 is 17.5 Å².